The second kappa shape index (κ2) is 6.39. The smallest absolute Gasteiger partial charge is 0.322 e. The number of phenols is 2. The molecule has 2 rings (SSSR count). The number of hydrogen-bond acceptors (Lipinski definition) is 6. The Bertz CT molecular complexity index is 731. The van der Waals surface area contributed by atoms with Gasteiger partial charge in [0.25, 0.3) is 0 Å². The first-order valence-electron chi connectivity index (χ1n) is 6.02. The molecule has 0 bridgehead atoms. The van der Waals surface area contributed by atoms with Crippen molar-refractivity contribution in [1.29, 1.82) is 0 Å². The van der Waals surface area contributed by atoms with Crippen LogP contribution in [0.15, 0.2) is 17.5 Å². The minimum atomic E-state index is -1.16. The van der Waals surface area contributed by atoms with E-state index in [1.165, 1.54) is 11.4 Å². The highest BCUT2D eigenvalue weighted by Gasteiger charge is 2.17. The van der Waals surface area contributed by atoms with E-state index in [0.29, 0.717) is 5.69 Å². The molecule has 1 heterocycles. The molecule has 0 spiro atoms. The molecule has 1 aromatic heterocycles. The van der Waals surface area contributed by atoms with Gasteiger partial charge in [-0.1, -0.05) is 0 Å². The lowest BCUT2D eigenvalue weighted by Crippen LogP contribution is -2.30. The number of thiazole rings is 1. The number of aromatic nitrogens is 1. The molecule has 4 N–H and O–H groups in total. The molecule has 22 heavy (non-hydrogen) atoms. The second-order valence-electron chi connectivity index (χ2n) is 4.29. The number of carboxylic acids is 1. The first-order valence-corrected chi connectivity index (χ1v) is 6.90. The van der Waals surface area contributed by atoms with E-state index in [4.69, 9.17) is 5.11 Å². The zero-order valence-electron chi connectivity index (χ0n) is 11.0. The van der Waals surface area contributed by atoms with Crippen LogP contribution in [0.25, 0.3) is 10.6 Å². The Balaban J connectivity index is 2.13. The molecule has 0 aliphatic rings. The summed E-state index contributed by atoms with van der Waals surface area (Å²) in [5.41, 5.74) is 0.340. The van der Waals surface area contributed by atoms with Crippen molar-refractivity contribution < 1.29 is 29.3 Å². The summed E-state index contributed by atoms with van der Waals surface area (Å²) in [4.78, 5) is 25.9. The largest absolute Gasteiger partial charge is 0.504 e. The van der Waals surface area contributed by atoms with Crippen LogP contribution in [-0.4, -0.2) is 38.7 Å². The third-order valence-electron chi connectivity index (χ3n) is 2.66. The molecule has 9 heteroatoms. The van der Waals surface area contributed by atoms with Crippen molar-refractivity contribution in [3.05, 3.63) is 29.0 Å². The fourth-order valence-electron chi connectivity index (χ4n) is 1.63. The number of hydrogen-bond donors (Lipinski definition) is 4. The van der Waals surface area contributed by atoms with Gasteiger partial charge < -0.3 is 20.6 Å². The average molecular weight is 326 g/mol. The number of aliphatic carboxylic acids is 1. The molecule has 1 amide bonds. The molecular formula is C13H11FN2O5S. The van der Waals surface area contributed by atoms with E-state index < -0.39 is 35.7 Å². The Morgan fingerprint density at radius 3 is 2.73 bits per heavy atom. The minimum Gasteiger partial charge on any atom is -0.504 e. The lowest BCUT2D eigenvalue weighted by Gasteiger charge is -2.03. The third kappa shape index (κ3) is 3.50. The van der Waals surface area contributed by atoms with Crippen LogP contribution in [0, 0.1) is 5.82 Å². The third-order valence-corrected chi connectivity index (χ3v) is 3.58. The first kappa shape index (κ1) is 15.7. The van der Waals surface area contributed by atoms with Gasteiger partial charge in [-0.15, -0.1) is 11.3 Å². The van der Waals surface area contributed by atoms with Crippen LogP contribution < -0.4 is 5.32 Å². The Kier molecular flexibility index (Phi) is 4.56. The van der Waals surface area contributed by atoms with Gasteiger partial charge in [-0.05, 0) is 12.1 Å². The Hall–Kier alpha value is -2.68. The highest BCUT2D eigenvalue weighted by atomic mass is 32.1. The number of nitrogens with zero attached hydrogens (tertiary/aromatic N) is 1. The van der Waals surface area contributed by atoms with Crippen molar-refractivity contribution in [2.45, 2.75) is 6.42 Å². The quantitative estimate of drug-likeness (QED) is 0.611. The highest BCUT2D eigenvalue weighted by molar-refractivity contribution is 7.13. The molecule has 7 nitrogen and oxygen atoms in total. The lowest BCUT2D eigenvalue weighted by atomic mass is 10.2. The number of aromatic hydroxyl groups is 2. The predicted molar refractivity (Wildman–Crippen MR) is 75.2 cm³/mol. The molecule has 1 aromatic carbocycles. The Morgan fingerprint density at radius 1 is 1.32 bits per heavy atom. The van der Waals surface area contributed by atoms with Crippen LogP contribution in [-0.2, 0) is 16.0 Å². The number of carbonyl (C=O) groups is 2. The molecule has 0 radical (unpaired) electrons. The van der Waals surface area contributed by atoms with E-state index in [0.717, 1.165) is 17.4 Å². The zero-order chi connectivity index (χ0) is 16.3. The van der Waals surface area contributed by atoms with E-state index in [1.807, 2.05) is 0 Å². The van der Waals surface area contributed by atoms with Gasteiger partial charge in [0.1, 0.15) is 11.6 Å². The zero-order valence-corrected chi connectivity index (χ0v) is 11.9. The van der Waals surface area contributed by atoms with Gasteiger partial charge in [0, 0.05) is 5.38 Å². The number of phenolic OH excluding ortho intramolecular Hbond substituents is 2. The predicted octanol–water partition coefficient (Wildman–Crippen LogP) is 1.10. The van der Waals surface area contributed by atoms with E-state index in [-0.39, 0.29) is 17.0 Å². The summed E-state index contributed by atoms with van der Waals surface area (Å²) in [6.45, 7) is -0.490. The first-order chi connectivity index (χ1) is 10.4. The van der Waals surface area contributed by atoms with Gasteiger partial charge in [0.05, 0.1) is 17.7 Å². The molecular weight excluding hydrogens is 315 g/mol. The van der Waals surface area contributed by atoms with Crippen LogP contribution in [0.4, 0.5) is 4.39 Å². The van der Waals surface area contributed by atoms with E-state index in [9.17, 15) is 24.2 Å². The molecule has 0 atom stereocenters. The molecule has 0 saturated heterocycles. The monoisotopic (exact) mass is 326 g/mol. The average Bonchev–Trinajstić information content (AvgIpc) is 2.91. The SMILES string of the molecule is O=C(O)CNC(=O)Cc1csc(-c2ccc(O)c(O)c2F)n1. The molecule has 0 aliphatic carbocycles. The van der Waals surface area contributed by atoms with Crippen molar-refractivity contribution >= 4 is 23.2 Å². The van der Waals surface area contributed by atoms with Gasteiger partial charge in [-0.25, -0.2) is 9.37 Å². The standard InChI is InChI=1S/C13H11FN2O5S/c14-11-7(1-2-8(17)12(11)21)13-16-6(5-22-13)3-9(18)15-4-10(19)20/h1-2,5,17,21H,3-4H2,(H,15,18)(H,19,20). The van der Waals surface area contributed by atoms with Gasteiger partial charge in [0.2, 0.25) is 5.91 Å². The van der Waals surface area contributed by atoms with Gasteiger partial charge in [0.15, 0.2) is 17.3 Å². The van der Waals surface area contributed by atoms with Crippen molar-refractivity contribution in [2.75, 3.05) is 6.54 Å². The number of carbonyl (C=O) groups excluding carboxylic acids is 1. The van der Waals surface area contributed by atoms with Crippen molar-refractivity contribution in [3.63, 3.8) is 0 Å². The maximum atomic E-state index is 13.8. The molecule has 2 aromatic rings. The molecule has 0 unspecified atom stereocenters. The van der Waals surface area contributed by atoms with Crippen LogP contribution in [0.5, 0.6) is 11.5 Å². The van der Waals surface area contributed by atoms with Crippen molar-refractivity contribution in [1.82, 2.24) is 10.3 Å². The van der Waals surface area contributed by atoms with Crippen LogP contribution in [0.2, 0.25) is 0 Å². The number of carboxylic acid groups (broad SMARTS) is 1. The molecule has 0 aliphatic heterocycles. The maximum absolute atomic E-state index is 13.8. The normalized spacial score (nSPS) is 10.4. The molecule has 116 valence electrons. The summed E-state index contributed by atoms with van der Waals surface area (Å²) in [5, 5.41) is 30.9. The lowest BCUT2D eigenvalue weighted by molar-refractivity contribution is -0.137. The molecule has 0 saturated carbocycles. The van der Waals surface area contributed by atoms with Gasteiger partial charge in [-0.2, -0.15) is 0 Å². The summed E-state index contributed by atoms with van der Waals surface area (Å²) in [6, 6.07) is 2.39. The van der Waals surface area contributed by atoms with E-state index >= 15 is 0 Å². The summed E-state index contributed by atoms with van der Waals surface area (Å²) in [7, 11) is 0. The maximum Gasteiger partial charge on any atom is 0.322 e. The summed E-state index contributed by atoms with van der Waals surface area (Å²) in [5.74, 6) is -4.13. The number of benzene rings is 1. The van der Waals surface area contributed by atoms with Gasteiger partial charge >= 0.3 is 5.97 Å². The second-order valence-corrected chi connectivity index (χ2v) is 5.14. The minimum absolute atomic E-state index is 0.00232. The number of halogens is 1. The fraction of sp³-hybridized carbons (Fsp3) is 0.154. The highest BCUT2D eigenvalue weighted by Crippen LogP contribution is 2.36. The topological polar surface area (TPSA) is 120 Å². The van der Waals surface area contributed by atoms with Crippen molar-refractivity contribution in [2.24, 2.45) is 0 Å². The van der Waals surface area contributed by atoms with Crippen LogP contribution in [0.3, 0.4) is 0 Å². The van der Waals surface area contributed by atoms with E-state index in [2.05, 4.69) is 10.3 Å². The fourth-order valence-corrected chi connectivity index (χ4v) is 2.47. The van der Waals surface area contributed by atoms with Crippen LogP contribution in [0.1, 0.15) is 5.69 Å². The summed E-state index contributed by atoms with van der Waals surface area (Å²) < 4.78 is 13.8. The molecule has 0 fully saturated rings. The van der Waals surface area contributed by atoms with E-state index in [1.54, 1.807) is 0 Å². The van der Waals surface area contributed by atoms with Crippen molar-refractivity contribution in [3.8, 4) is 22.1 Å². The Morgan fingerprint density at radius 2 is 2.05 bits per heavy atom. The summed E-state index contributed by atoms with van der Waals surface area (Å²) >= 11 is 1.06. The number of rotatable bonds is 5. The summed E-state index contributed by atoms with van der Waals surface area (Å²) in [6.07, 6.45) is -0.143. The number of amides is 1. The number of nitrogens with one attached hydrogen (secondary N) is 1. The Labute approximate surface area is 127 Å². The van der Waals surface area contributed by atoms with Crippen LogP contribution >= 0.6 is 11.3 Å². The van der Waals surface area contributed by atoms with Gasteiger partial charge in [-0.3, -0.25) is 9.59 Å².